The molecule has 0 radical (unpaired) electrons. The lowest BCUT2D eigenvalue weighted by atomic mass is 9.87. The number of alkyl halides is 3. The number of benzene rings is 2. The molecule has 0 saturated carbocycles. The van der Waals surface area contributed by atoms with Crippen molar-refractivity contribution in [2.45, 2.75) is 18.7 Å². The van der Waals surface area contributed by atoms with E-state index in [4.69, 9.17) is 21.1 Å². The second-order valence-electron chi connectivity index (χ2n) is 6.86. The van der Waals surface area contributed by atoms with E-state index in [2.05, 4.69) is 10.6 Å². The molecule has 32 heavy (non-hydrogen) atoms. The second-order valence-corrected chi connectivity index (χ2v) is 7.27. The van der Waals surface area contributed by atoms with E-state index in [9.17, 15) is 27.6 Å². The number of hydrogen-bond donors (Lipinski definition) is 2. The first-order chi connectivity index (χ1) is 15.1. The highest BCUT2D eigenvalue weighted by molar-refractivity contribution is 6.31. The van der Waals surface area contributed by atoms with E-state index in [1.54, 1.807) is 18.2 Å². The third-order valence-electron chi connectivity index (χ3n) is 4.95. The van der Waals surface area contributed by atoms with Gasteiger partial charge in [0.2, 0.25) is 0 Å². The lowest BCUT2D eigenvalue weighted by molar-refractivity contribution is -0.157. The minimum Gasteiger partial charge on any atom is -0.462 e. The molecule has 1 atom stereocenters. The van der Waals surface area contributed by atoms with Crippen LogP contribution in [-0.4, -0.2) is 24.5 Å². The molecule has 1 amide bonds. The van der Waals surface area contributed by atoms with Gasteiger partial charge in [0.15, 0.2) is 0 Å². The zero-order valence-electron chi connectivity index (χ0n) is 16.3. The van der Waals surface area contributed by atoms with Gasteiger partial charge in [-0.3, -0.25) is 4.79 Å². The van der Waals surface area contributed by atoms with Crippen molar-refractivity contribution in [3.63, 3.8) is 0 Å². The first-order valence-corrected chi connectivity index (χ1v) is 9.67. The van der Waals surface area contributed by atoms with Crippen LogP contribution in [-0.2, 0) is 35.6 Å². The van der Waals surface area contributed by atoms with E-state index in [0.717, 1.165) is 6.07 Å². The molecular weight excluding hydrogens is 453 g/mol. The van der Waals surface area contributed by atoms with Crippen molar-refractivity contribution in [3.8, 4) is 0 Å². The second kappa shape index (κ2) is 7.56. The predicted octanol–water partition coefficient (Wildman–Crippen LogP) is 3.99. The number of para-hydroxylation sites is 1. The molecule has 11 heteroatoms. The highest BCUT2D eigenvalue weighted by Gasteiger charge is 2.62. The molecule has 0 aromatic heterocycles. The number of esters is 2. The van der Waals surface area contributed by atoms with Gasteiger partial charge in [0.1, 0.15) is 11.3 Å². The summed E-state index contributed by atoms with van der Waals surface area (Å²) >= 11 is 5.64. The number of rotatable bonds is 4. The molecule has 166 valence electrons. The van der Waals surface area contributed by atoms with Gasteiger partial charge >= 0.3 is 18.1 Å². The Kier molecular flexibility index (Phi) is 5.12. The Bertz CT molecular complexity index is 1190. The molecule has 0 fully saturated rings. The van der Waals surface area contributed by atoms with Crippen molar-refractivity contribution < 1.29 is 37.0 Å². The van der Waals surface area contributed by atoms with Gasteiger partial charge in [-0.1, -0.05) is 29.8 Å². The molecule has 2 N–H and O–H groups in total. The number of hydrogen-bond acceptors (Lipinski definition) is 6. The number of fused-ring (bicyclic) bond motifs is 2. The Hall–Kier alpha value is -3.53. The van der Waals surface area contributed by atoms with E-state index in [1.807, 2.05) is 0 Å². The summed E-state index contributed by atoms with van der Waals surface area (Å²) in [6.45, 7) is 1.44. The first kappa shape index (κ1) is 21.7. The Morgan fingerprint density at radius 2 is 1.94 bits per heavy atom. The summed E-state index contributed by atoms with van der Waals surface area (Å²) in [5, 5.41) is 4.49. The molecule has 0 bridgehead atoms. The number of carbonyl (C=O) groups excluding carboxylic acids is 3. The van der Waals surface area contributed by atoms with Crippen LogP contribution in [0.2, 0.25) is 5.02 Å². The number of amides is 1. The van der Waals surface area contributed by atoms with Crippen molar-refractivity contribution >= 4 is 40.8 Å². The molecule has 1 spiro atoms. The summed E-state index contributed by atoms with van der Waals surface area (Å²) in [5.74, 6) is -2.94. The van der Waals surface area contributed by atoms with Gasteiger partial charge < -0.3 is 20.1 Å². The largest absolute Gasteiger partial charge is 0.462 e. The zero-order chi connectivity index (χ0) is 23.3. The average molecular weight is 467 g/mol. The maximum atomic E-state index is 13.2. The number of ether oxygens (including phenoxy) is 2. The minimum atomic E-state index is -4.76. The maximum Gasteiger partial charge on any atom is 0.417 e. The smallest absolute Gasteiger partial charge is 0.417 e. The van der Waals surface area contributed by atoms with Crippen LogP contribution in [0, 0.1) is 0 Å². The van der Waals surface area contributed by atoms with Gasteiger partial charge in [-0.25, -0.2) is 9.59 Å². The summed E-state index contributed by atoms with van der Waals surface area (Å²) in [6, 6.07) is 9.12. The van der Waals surface area contributed by atoms with Gasteiger partial charge in [-0.15, -0.1) is 0 Å². The zero-order valence-corrected chi connectivity index (χ0v) is 17.1. The molecule has 2 heterocycles. The topological polar surface area (TPSA) is 93.7 Å². The number of carbonyl (C=O) groups is 3. The Morgan fingerprint density at radius 1 is 1.22 bits per heavy atom. The van der Waals surface area contributed by atoms with E-state index >= 15 is 0 Å². The summed E-state index contributed by atoms with van der Waals surface area (Å²) in [5.41, 5.74) is -3.93. The fourth-order valence-electron chi connectivity index (χ4n) is 3.63. The van der Waals surface area contributed by atoms with Crippen LogP contribution in [0.1, 0.15) is 18.1 Å². The molecule has 2 aliphatic heterocycles. The van der Waals surface area contributed by atoms with Crippen molar-refractivity contribution in [2.75, 3.05) is 17.2 Å². The molecule has 2 aromatic rings. The van der Waals surface area contributed by atoms with Crippen LogP contribution >= 0.6 is 11.6 Å². The Balaban J connectivity index is 1.89. The Morgan fingerprint density at radius 3 is 2.62 bits per heavy atom. The van der Waals surface area contributed by atoms with Crippen LogP contribution in [0.4, 0.5) is 24.5 Å². The van der Waals surface area contributed by atoms with E-state index in [1.165, 1.54) is 19.1 Å². The third-order valence-corrected chi connectivity index (χ3v) is 5.28. The fourth-order valence-corrected chi connectivity index (χ4v) is 3.85. The van der Waals surface area contributed by atoms with Crippen LogP contribution in [0.15, 0.2) is 53.7 Å². The normalized spacial score (nSPS) is 19.7. The third kappa shape index (κ3) is 3.27. The molecular formula is C21H14ClF3N2O5. The molecule has 4 rings (SSSR count). The van der Waals surface area contributed by atoms with E-state index < -0.39 is 51.5 Å². The minimum absolute atomic E-state index is 0.0810. The predicted molar refractivity (Wildman–Crippen MR) is 107 cm³/mol. The van der Waals surface area contributed by atoms with Gasteiger partial charge in [-0.2, -0.15) is 13.2 Å². The van der Waals surface area contributed by atoms with Crippen LogP contribution in [0.3, 0.4) is 0 Å². The van der Waals surface area contributed by atoms with Gasteiger partial charge in [-0.05, 0) is 31.2 Å². The summed E-state index contributed by atoms with van der Waals surface area (Å²) in [6.07, 6.45) is -4.76. The molecule has 1 unspecified atom stereocenters. The van der Waals surface area contributed by atoms with Crippen molar-refractivity contribution in [1.29, 1.82) is 0 Å². The first-order valence-electron chi connectivity index (χ1n) is 9.29. The standard InChI is InChI=1S/C21H14ClF3N2O5/c1-2-31-17(28)15-16(26-10-7-8-13(22)12(9-10)21(23,24)25)18(29)32-20(15)11-5-3-4-6-14(11)27-19(20)30/h3-9,26H,2H2,1H3,(H,27,30). The highest BCUT2D eigenvalue weighted by Crippen LogP contribution is 2.49. The number of halogens is 4. The average Bonchev–Trinajstić information content (AvgIpc) is 3.17. The lowest BCUT2D eigenvalue weighted by Crippen LogP contribution is -2.40. The van der Waals surface area contributed by atoms with Gasteiger partial charge in [0.25, 0.3) is 11.5 Å². The SMILES string of the molecule is CCOC(=O)C1=C(Nc2ccc(Cl)c(C(F)(F)F)c2)C(=O)OC12C(=O)Nc1ccccc12. The highest BCUT2D eigenvalue weighted by atomic mass is 35.5. The quantitative estimate of drug-likeness (QED) is 0.662. The van der Waals surface area contributed by atoms with Crippen LogP contribution < -0.4 is 10.6 Å². The molecule has 2 aliphatic rings. The molecule has 0 saturated heterocycles. The lowest BCUT2D eigenvalue weighted by Gasteiger charge is -2.22. The monoisotopic (exact) mass is 466 g/mol. The molecule has 0 aliphatic carbocycles. The summed E-state index contributed by atoms with van der Waals surface area (Å²) < 4.78 is 50.2. The fraction of sp³-hybridized carbons (Fsp3) is 0.190. The van der Waals surface area contributed by atoms with Crippen LogP contribution in [0.5, 0.6) is 0 Å². The van der Waals surface area contributed by atoms with E-state index in [-0.39, 0.29) is 17.9 Å². The molecule has 7 nitrogen and oxygen atoms in total. The summed E-state index contributed by atoms with van der Waals surface area (Å²) in [7, 11) is 0. The molecule has 2 aromatic carbocycles. The number of nitrogens with one attached hydrogen (secondary N) is 2. The Labute approximate surface area is 184 Å². The van der Waals surface area contributed by atoms with Crippen molar-refractivity contribution in [3.05, 3.63) is 69.9 Å². The van der Waals surface area contributed by atoms with Gasteiger partial charge in [0.05, 0.1) is 17.2 Å². The van der Waals surface area contributed by atoms with Crippen molar-refractivity contribution in [2.24, 2.45) is 0 Å². The van der Waals surface area contributed by atoms with Crippen molar-refractivity contribution in [1.82, 2.24) is 0 Å². The number of anilines is 2. The maximum absolute atomic E-state index is 13.2. The van der Waals surface area contributed by atoms with Crippen LogP contribution in [0.25, 0.3) is 0 Å². The summed E-state index contributed by atoms with van der Waals surface area (Å²) in [4.78, 5) is 38.6. The van der Waals surface area contributed by atoms with Gasteiger partial charge in [0, 0.05) is 16.9 Å². The van der Waals surface area contributed by atoms with E-state index in [0.29, 0.717) is 11.8 Å².